The fourth-order valence-electron chi connectivity index (χ4n) is 3.45. The van der Waals surface area contributed by atoms with Gasteiger partial charge in [0.15, 0.2) is 0 Å². The Morgan fingerprint density at radius 3 is 2.65 bits per heavy atom. The minimum Gasteiger partial charge on any atom is -0.369 e. The number of hydrogen-bond acceptors (Lipinski definition) is 4. The molecule has 1 aromatic heterocycles. The molecular weight excluding hydrogens is 296 g/mol. The Morgan fingerprint density at radius 1 is 1.30 bits per heavy atom. The number of nitrogens with zero attached hydrogens (tertiary/aromatic N) is 3. The van der Waals surface area contributed by atoms with Gasteiger partial charge in [-0.1, -0.05) is 0 Å². The summed E-state index contributed by atoms with van der Waals surface area (Å²) in [5.41, 5.74) is 7.03. The number of aryl methyl sites for hydroxylation is 2. The molecule has 2 heterocycles. The van der Waals surface area contributed by atoms with E-state index in [9.17, 15) is 14.4 Å². The van der Waals surface area contributed by atoms with Crippen molar-refractivity contribution in [1.82, 2.24) is 14.7 Å². The molecule has 2 amide bonds. The topological polar surface area (TPSA) is 98.3 Å². The van der Waals surface area contributed by atoms with Crippen molar-refractivity contribution >= 4 is 11.8 Å². The first-order valence-corrected chi connectivity index (χ1v) is 8.17. The molecule has 0 bridgehead atoms. The maximum atomic E-state index is 12.6. The van der Waals surface area contributed by atoms with E-state index in [2.05, 4.69) is 5.10 Å². The molecule has 0 aromatic carbocycles. The zero-order chi connectivity index (χ0) is 16.6. The number of aromatic nitrogens is 2. The molecule has 7 heteroatoms. The minimum absolute atomic E-state index is 0.125. The molecule has 1 aromatic rings. The zero-order valence-electron chi connectivity index (χ0n) is 13.3. The minimum atomic E-state index is -0.626. The number of likely N-dealkylation sites (tertiary alicyclic amines) is 1. The van der Waals surface area contributed by atoms with Crippen LogP contribution in [-0.2, 0) is 22.4 Å². The summed E-state index contributed by atoms with van der Waals surface area (Å²) >= 11 is 0. The van der Waals surface area contributed by atoms with Crippen molar-refractivity contribution in [3.63, 3.8) is 0 Å². The largest absolute Gasteiger partial charge is 0.369 e. The van der Waals surface area contributed by atoms with Crippen LogP contribution in [0, 0.1) is 5.92 Å². The molecule has 1 saturated heterocycles. The average Bonchev–Trinajstić information content (AvgIpc) is 3.00. The number of rotatable bonds is 3. The lowest BCUT2D eigenvalue weighted by Gasteiger charge is -2.32. The van der Waals surface area contributed by atoms with Crippen molar-refractivity contribution in [2.24, 2.45) is 11.7 Å². The Balaban J connectivity index is 1.73. The summed E-state index contributed by atoms with van der Waals surface area (Å²) in [5, 5.41) is 4.39. The number of carbonyl (C=O) groups is 2. The molecule has 1 fully saturated rings. The number of primary amides is 1. The van der Waals surface area contributed by atoms with E-state index in [1.807, 2.05) is 0 Å². The maximum Gasteiger partial charge on any atom is 0.267 e. The molecule has 1 aliphatic heterocycles. The van der Waals surface area contributed by atoms with Crippen LogP contribution in [-0.4, -0.2) is 39.6 Å². The van der Waals surface area contributed by atoms with Gasteiger partial charge in [-0.05, 0) is 44.6 Å². The molecule has 0 radical (unpaired) electrons. The summed E-state index contributed by atoms with van der Waals surface area (Å²) in [6.07, 6.45) is 3.93. The van der Waals surface area contributed by atoms with Gasteiger partial charge in [0.1, 0.15) is 6.04 Å². The molecule has 0 saturated carbocycles. The van der Waals surface area contributed by atoms with Crippen LogP contribution in [0.15, 0.2) is 10.9 Å². The Hall–Kier alpha value is -2.18. The van der Waals surface area contributed by atoms with Gasteiger partial charge in [0.25, 0.3) is 5.56 Å². The fourth-order valence-corrected chi connectivity index (χ4v) is 3.45. The van der Waals surface area contributed by atoms with Crippen LogP contribution >= 0.6 is 0 Å². The molecule has 7 nitrogen and oxygen atoms in total. The lowest BCUT2D eigenvalue weighted by molar-refractivity contribution is -0.137. The van der Waals surface area contributed by atoms with Gasteiger partial charge in [-0.2, -0.15) is 5.10 Å². The van der Waals surface area contributed by atoms with Gasteiger partial charge < -0.3 is 10.6 Å². The molecule has 0 spiro atoms. The highest BCUT2D eigenvalue weighted by atomic mass is 16.2. The molecule has 2 N–H and O–H groups in total. The van der Waals surface area contributed by atoms with Crippen LogP contribution in [0.1, 0.15) is 43.5 Å². The van der Waals surface area contributed by atoms with E-state index >= 15 is 0 Å². The standard InChI is InChI=1S/C16H22N4O3/c1-10(16(23)19-7-5-11(6-8-19)15(17)22)20-14(21)9-12-3-2-4-13(12)18-20/h9-11H,2-8H2,1H3,(H2,17,22). The summed E-state index contributed by atoms with van der Waals surface area (Å²) in [7, 11) is 0. The second kappa shape index (κ2) is 6.14. The Bertz CT molecular complexity index is 689. The summed E-state index contributed by atoms with van der Waals surface area (Å²) in [6, 6.07) is 0.983. The molecule has 1 aliphatic carbocycles. The molecule has 2 aliphatic rings. The smallest absolute Gasteiger partial charge is 0.267 e. The summed E-state index contributed by atoms with van der Waals surface area (Å²) in [5.74, 6) is -0.586. The van der Waals surface area contributed by atoms with E-state index in [0.717, 1.165) is 30.5 Å². The van der Waals surface area contributed by atoms with E-state index in [0.29, 0.717) is 25.9 Å². The summed E-state index contributed by atoms with van der Waals surface area (Å²) in [6.45, 7) is 2.70. The van der Waals surface area contributed by atoms with E-state index in [-0.39, 0.29) is 23.3 Å². The molecule has 124 valence electrons. The van der Waals surface area contributed by atoms with Crippen molar-refractivity contribution in [3.05, 3.63) is 27.7 Å². The molecular formula is C16H22N4O3. The van der Waals surface area contributed by atoms with Crippen molar-refractivity contribution in [2.45, 2.75) is 45.1 Å². The third-order valence-electron chi connectivity index (χ3n) is 4.92. The van der Waals surface area contributed by atoms with Crippen molar-refractivity contribution in [1.29, 1.82) is 0 Å². The highest BCUT2D eigenvalue weighted by molar-refractivity contribution is 5.81. The molecule has 1 unspecified atom stereocenters. The first kappa shape index (κ1) is 15.7. The van der Waals surface area contributed by atoms with Crippen molar-refractivity contribution in [3.8, 4) is 0 Å². The van der Waals surface area contributed by atoms with Crippen molar-refractivity contribution in [2.75, 3.05) is 13.1 Å². The number of carbonyl (C=O) groups excluding carboxylic acids is 2. The van der Waals surface area contributed by atoms with Gasteiger partial charge in [-0.15, -0.1) is 0 Å². The molecule has 3 rings (SSSR count). The van der Waals surface area contributed by atoms with E-state index in [4.69, 9.17) is 5.73 Å². The van der Waals surface area contributed by atoms with Crippen LogP contribution < -0.4 is 11.3 Å². The number of fused-ring (bicyclic) bond motifs is 1. The van der Waals surface area contributed by atoms with Gasteiger partial charge in [0.2, 0.25) is 11.8 Å². The highest BCUT2D eigenvalue weighted by Gasteiger charge is 2.30. The van der Waals surface area contributed by atoms with Crippen LogP contribution in [0.5, 0.6) is 0 Å². The Labute approximate surface area is 134 Å². The number of amides is 2. The normalized spacial score (nSPS) is 19.4. The number of piperidine rings is 1. The van der Waals surface area contributed by atoms with Crippen LogP contribution in [0.3, 0.4) is 0 Å². The van der Waals surface area contributed by atoms with E-state index < -0.39 is 6.04 Å². The SMILES string of the molecule is CC(C(=O)N1CCC(C(N)=O)CC1)n1nc2c(cc1=O)CCC2. The predicted octanol–water partition coefficient (Wildman–Crippen LogP) is 0.0169. The monoisotopic (exact) mass is 318 g/mol. The van der Waals surface area contributed by atoms with Gasteiger partial charge in [0.05, 0.1) is 5.69 Å². The quantitative estimate of drug-likeness (QED) is 0.849. The van der Waals surface area contributed by atoms with Crippen LogP contribution in [0.25, 0.3) is 0 Å². The Morgan fingerprint density at radius 2 is 2.00 bits per heavy atom. The second-order valence-corrected chi connectivity index (χ2v) is 6.43. The maximum absolute atomic E-state index is 12.6. The third kappa shape index (κ3) is 3.00. The summed E-state index contributed by atoms with van der Waals surface area (Å²) < 4.78 is 1.30. The van der Waals surface area contributed by atoms with Crippen LogP contribution in [0.4, 0.5) is 0 Å². The van der Waals surface area contributed by atoms with Gasteiger partial charge in [0, 0.05) is 25.1 Å². The van der Waals surface area contributed by atoms with E-state index in [1.165, 1.54) is 4.68 Å². The predicted molar refractivity (Wildman–Crippen MR) is 83.7 cm³/mol. The average molecular weight is 318 g/mol. The van der Waals surface area contributed by atoms with Gasteiger partial charge in [-0.3, -0.25) is 14.4 Å². The zero-order valence-corrected chi connectivity index (χ0v) is 13.3. The van der Waals surface area contributed by atoms with E-state index in [1.54, 1.807) is 17.9 Å². The van der Waals surface area contributed by atoms with Gasteiger partial charge >= 0.3 is 0 Å². The lowest BCUT2D eigenvalue weighted by atomic mass is 9.96. The Kier molecular flexibility index (Phi) is 4.19. The third-order valence-corrected chi connectivity index (χ3v) is 4.92. The second-order valence-electron chi connectivity index (χ2n) is 6.43. The highest BCUT2D eigenvalue weighted by Crippen LogP contribution is 2.21. The number of hydrogen-bond donors (Lipinski definition) is 1. The number of nitrogens with two attached hydrogens (primary N) is 1. The van der Waals surface area contributed by atoms with Crippen LogP contribution in [0.2, 0.25) is 0 Å². The van der Waals surface area contributed by atoms with Crippen molar-refractivity contribution < 1.29 is 9.59 Å². The first-order valence-electron chi connectivity index (χ1n) is 8.17. The van der Waals surface area contributed by atoms with Gasteiger partial charge in [-0.25, -0.2) is 4.68 Å². The lowest BCUT2D eigenvalue weighted by Crippen LogP contribution is -2.45. The molecule has 1 atom stereocenters. The fraction of sp³-hybridized carbons (Fsp3) is 0.625. The molecule has 23 heavy (non-hydrogen) atoms. The summed E-state index contributed by atoms with van der Waals surface area (Å²) in [4.78, 5) is 37.8. The first-order chi connectivity index (χ1) is 11.0.